The van der Waals surface area contributed by atoms with Gasteiger partial charge in [-0.15, -0.1) is 0 Å². The first kappa shape index (κ1) is 10.8. The van der Waals surface area contributed by atoms with E-state index in [0.29, 0.717) is 39.7 Å². The number of fused-ring (bicyclic) bond motifs is 3. The summed E-state index contributed by atoms with van der Waals surface area (Å²) < 4.78 is 5.04. The van der Waals surface area contributed by atoms with Crippen molar-refractivity contribution in [2.24, 2.45) is 0 Å². The first-order valence-electron chi connectivity index (χ1n) is 5.11. The summed E-state index contributed by atoms with van der Waals surface area (Å²) in [5, 5.41) is 1.62. The van der Waals surface area contributed by atoms with E-state index in [-0.39, 0.29) is 5.97 Å². The molecule has 1 aromatic carbocycles. The molecule has 5 heteroatoms. The van der Waals surface area contributed by atoms with Crippen molar-refractivity contribution >= 4 is 40.1 Å². The molecule has 0 saturated heterocycles. The van der Waals surface area contributed by atoms with Crippen LogP contribution in [0.2, 0.25) is 10.2 Å². The number of pyridine rings is 1. The minimum absolute atomic E-state index is 0.347. The second kappa shape index (κ2) is 3.86. The van der Waals surface area contributed by atoms with Crippen molar-refractivity contribution in [2.45, 2.75) is 6.42 Å². The monoisotopic (exact) mass is 267 g/mol. The molecule has 0 amide bonds. The molecule has 2 heterocycles. The van der Waals surface area contributed by atoms with E-state index in [4.69, 9.17) is 27.9 Å². The number of hydrogen-bond donors (Lipinski definition) is 0. The van der Waals surface area contributed by atoms with Crippen LogP contribution >= 0.6 is 23.2 Å². The van der Waals surface area contributed by atoms with Crippen molar-refractivity contribution in [1.82, 2.24) is 4.98 Å². The van der Waals surface area contributed by atoms with E-state index in [9.17, 15) is 4.79 Å². The van der Waals surface area contributed by atoms with Gasteiger partial charge in [0.2, 0.25) is 0 Å². The van der Waals surface area contributed by atoms with Crippen LogP contribution in [0, 0.1) is 0 Å². The molecule has 0 N–H and O–H groups in total. The Kier molecular flexibility index (Phi) is 2.45. The Labute approximate surface area is 107 Å². The minimum Gasteiger partial charge on any atom is -0.462 e. The summed E-state index contributed by atoms with van der Waals surface area (Å²) in [5.41, 5.74) is 1.89. The van der Waals surface area contributed by atoms with Gasteiger partial charge in [0.15, 0.2) is 0 Å². The summed E-state index contributed by atoms with van der Waals surface area (Å²) in [7, 11) is 0. The molecule has 3 nitrogen and oxygen atoms in total. The Morgan fingerprint density at radius 2 is 2.12 bits per heavy atom. The molecule has 0 aliphatic carbocycles. The molecule has 0 unspecified atom stereocenters. The second-order valence-electron chi connectivity index (χ2n) is 3.80. The lowest BCUT2D eigenvalue weighted by atomic mass is 10.00. The van der Waals surface area contributed by atoms with Crippen LogP contribution in [-0.2, 0) is 11.2 Å². The van der Waals surface area contributed by atoms with Gasteiger partial charge in [-0.25, -0.2) is 9.78 Å². The zero-order chi connectivity index (χ0) is 12.0. The fourth-order valence-corrected chi connectivity index (χ4v) is 2.48. The normalized spacial score (nSPS) is 14.6. The van der Waals surface area contributed by atoms with Crippen LogP contribution in [0.5, 0.6) is 0 Å². The molecule has 0 fully saturated rings. The molecule has 0 spiro atoms. The van der Waals surface area contributed by atoms with Gasteiger partial charge in [0, 0.05) is 22.4 Å². The van der Waals surface area contributed by atoms with Gasteiger partial charge >= 0.3 is 5.97 Å². The molecular formula is C12H7Cl2NO2. The lowest BCUT2D eigenvalue weighted by molar-refractivity contribution is 0.0483. The van der Waals surface area contributed by atoms with Gasteiger partial charge in [-0.1, -0.05) is 23.2 Å². The average molecular weight is 268 g/mol. The highest BCUT2D eigenvalue weighted by atomic mass is 35.5. The van der Waals surface area contributed by atoms with Crippen LogP contribution in [0.1, 0.15) is 15.9 Å². The van der Waals surface area contributed by atoms with Crippen molar-refractivity contribution < 1.29 is 9.53 Å². The number of halogens is 2. The molecule has 1 aliphatic heterocycles. The van der Waals surface area contributed by atoms with Gasteiger partial charge in [0.1, 0.15) is 5.15 Å². The third kappa shape index (κ3) is 1.66. The fourth-order valence-electron chi connectivity index (χ4n) is 2.02. The molecule has 17 heavy (non-hydrogen) atoms. The standard InChI is InChI=1S/C12H7Cl2NO2/c13-6-1-2-9-8(5-6)10-7(11(14)15-9)3-4-17-12(10)16/h1-2,5H,3-4H2. The van der Waals surface area contributed by atoms with Crippen LogP contribution < -0.4 is 0 Å². The largest absolute Gasteiger partial charge is 0.462 e. The molecule has 1 aromatic heterocycles. The van der Waals surface area contributed by atoms with Gasteiger partial charge in [-0.3, -0.25) is 0 Å². The smallest absolute Gasteiger partial charge is 0.339 e. The number of hydrogen-bond acceptors (Lipinski definition) is 3. The van der Waals surface area contributed by atoms with E-state index in [1.165, 1.54) is 0 Å². The molecule has 1 aliphatic rings. The van der Waals surface area contributed by atoms with Gasteiger partial charge < -0.3 is 4.74 Å². The molecule has 0 atom stereocenters. The first-order valence-corrected chi connectivity index (χ1v) is 5.87. The highest BCUT2D eigenvalue weighted by Gasteiger charge is 2.24. The molecule has 86 valence electrons. The topological polar surface area (TPSA) is 39.2 Å². The maximum Gasteiger partial charge on any atom is 0.339 e. The molecule has 0 saturated carbocycles. The quantitative estimate of drug-likeness (QED) is 0.543. The predicted molar refractivity (Wildman–Crippen MR) is 65.7 cm³/mol. The SMILES string of the molecule is O=C1OCCc2c(Cl)nc3ccc(Cl)cc3c21. The summed E-state index contributed by atoms with van der Waals surface area (Å²) >= 11 is 12.0. The van der Waals surface area contributed by atoms with E-state index >= 15 is 0 Å². The fraction of sp³-hybridized carbons (Fsp3) is 0.167. The van der Waals surface area contributed by atoms with Gasteiger partial charge in [-0.05, 0) is 18.2 Å². The zero-order valence-corrected chi connectivity index (χ0v) is 10.2. The van der Waals surface area contributed by atoms with Crippen molar-refractivity contribution in [3.8, 4) is 0 Å². The van der Waals surface area contributed by atoms with Crippen molar-refractivity contribution in [2.75, 3.05) is 6.61 Å². The van der Waals surface area contributed by atoms with E-state index in [1.54, 1.807) is 18.2 Å². The Bertz CT molecular complexity index is 640. The van der Waals surface area contributed by atoms with Gasteiger partial charge in [-0.2, -0.15) is 0 Å². The Morgan fingerprint density at radius 1 is 1.29 bits per heavy atom. The second-order valence-corrected chi connectivity index (χ2v) is 4.60. The summed E-state index contributed by atoms with van der Waals surface area (Å²) in [6.45, 7) is 0.347. The van der Waals surface area contributed by atoms with Crippen LogP contribution in [0.15, 0.2) is 18.2 Å². The first-order chi connectivity index (χ1) is 8.16. The third-order valence-electron chi connectivity index (χ3n) is 2.79. The maximum absolute atomic E-state index is 11.8. The lowest BCUT2D eigenvalue weighted by Crippen LogP contribution is -2.19. The molecule has 0 bridgehead atoms. The number of ether oxygens (including phenoxy) is 1. The Balaban J connectivity index is 2.45. The maximum atomic E-state index is 11.8. The number of cyclic esters (lactones) is 1. The highest BCUT2D eigenvalue weighted by molar-refractivity contribution is 6.33. The third-order valence-corrected chi connectivity index (χ3v) is 3.33. The number of esters is 1. The van der Waals surface area contributed by atoms with E-state index in [0.717, 1.165) is 5.56 Å². The number of nitrogens with zero attached hydrogens (tertiary/aromatic N) is 1. The number of aromatic nitrogens is 1. The van der Waals surface area contributed by atoms with Crippen LogP contribution in [0.4, 0.5) is 0 Å². The molecule has 2 aromatic rings. The predicted octanol–water partition coefficient (Wildman–Crippen LogP) is 3.25. The van der Waals surface area contributed by atoms with E-state index in [1.807, 2.05) is 0 Å². The number of carbonyl (C=O) groups excluding carboxylic acids is 1. The lowest BCUT2D eigenvalue weighted by Gasteiger charge is -2.18. The summed E-state index contributed by atoms with van der Waals surface area (Å²) in [6.07, 6.45) is 0.593. The van der Waals surface area contributed by atoms with Crippen LogP contribution in [-0.4, -0.2) is 17.6 Å². The number of benzene rings is 1. The average Bonchev–Trinajstić information content (AvgIpc) is 2.30. The summed E-state index contributed by atoms with van der Waals surface area (Å²) in [5.74, 6) is -0.359. The molecule has 3 rings (SSSR count). The van der Waals surface area contributed by atoms with Gasteiger partial charge in [0.25, 0.3) is 0 Å². The zero-order valence-electron chi connectivity index (χ0n) is 8.67. The number of rotatable bonds is 0. The van der Waals surface area contributed by atoms with Gasteiger partial charge in [0.05, 0.1) is 17.7 Å². The van der Waals surface area contributed by atoms with Crippen LogP contribution in [0.25, 0.3) is 10.9 Å². The van der Waals surface area contributed by atoms with Crippen molar-refractivity contribution in [1.29, 1.82) is 0 Å². The van der Waals surface area contributed by atoms with Crippen LogP contribution in [0.3, 0.4) is 0 Å². The van der Waals surface area contributed by atoms with E-state index in [2.05, 4.69) is 4.98 Å². The molecular weight excluding hydrogens is 261 g/mol. The van der Waals surface area contributed by atoms with Crippen molar-refractivity contribution in [3.63, 3.8) is 0 Å². The Hall–Kier alpha value is -1.32. The summed E-state index contributed by atoms with van der Waals surface area (Å²) in [4.78, 5) is 16.1. The number of carbonyl (C=O) groups is 1. The highest BCUT2D eigenvalue weighted by Crippen LogP contribution is 2.31. The minimum atomic E-state index is -0.359. The Morgan fingerprint density at radius 3 is 2.94 bits per heavy atom. The van der Waals surface area contributed by atoms with E-state index < -0.39 is 0 Å². The van der Waals surface area contributed by atoms with Crippen molar-refractivity contribution in [3.05, 3.63) is 39.5 Å². The molecule has 0 radical (unpaired) electrons. The summed E-state index contributed by atoms with van der Waals surface area (Å²) in [6, 6.07) is 5.17.